The molecule has 0 aromatic carbocycles. The number of fused-ring (bicyclic) bond motifs is 1. The van der Waals surface area contributed by atoms with E-state index in [4.69, 9.17) is 9.47 Å². The summed E-state index contributed by atoms with van der Waals surface area (Å²) in [6, 6.07) is 0.448. The van der Waals surface area contributed by atoms with Gasteiger partial charge >= 0.3 is 0 Å². The first-order chi connectivity index (χ1) is 12.1. The standard InChI is InChI=1S/C20H37N3O2/c1-5-24-16(14-8-6-7-9-14)10-12-22-19(21-4)23-17-15-11-13-25-18(15)20(17,2)3/h14-18H,5-13H2,1-4H3,(H2,21,22,23). The maximum atomic E-state index is 6.03. The van der Waals surface area contributed by atoms with Crippen molar-refractivity contribution in [3.05, 3.63) is 0 Å². The van der Waals surface area contributed by atoms with E-state index in [-0.39, 0.29) is 5.41 Å². The summed E-state index contributed by atoms with van der Waals surface area (Å²) in [5.74, 6) is 2.30. The van der Waals surface area contributed by atoms with Gasteiger partial charge in [-0.1, -0.05) is 26.7 Å². The summed E-state index contributed by atoms with van der Waals surface area (Å²) in [5.41, 5.74) is 0.177. The molecule has 0 radical (unpaired) electrons. The van der Waals surface area contributed by atoms with Gasteiger partial charge in [0.1, 0.15) is 0 Å². The summed E-state index contributed by atoms with van der Waals surface area (Å²) in [6.07, 6.45) is 8.42. The van der Waals surface area contributed by atoms with Crippen molar-refractivity contribution in [3.63, 3.8) is 0 Å². The maximum Gasteiger partial charge on any atom is 0.191 e. The Morgan fingerprint density at radius 3 is 2.72 bits per heavy atom. The van der Waals surface area contributed by atoms with Gasteiger partial charge < -0.3 is 20.1 Å². The third kappa shape index (κ3) is 3.97. The van der Waals surface area contributed by atoms with E-state index in [1.54, 1.807) is 0 Å². The molecule has 2 N–H and O–H groups in total. The van der Waals surface area contributed by atoms with Crippen LogP contribution in [-0.4, -0.2) is 51.0 Å². The third-order valence-corrected chi connectivity index (χ3v) is 6.64. The molecular weight excluding hydrogens is 314 g/mol. The highest BCUT2D eigenvalue weighted by atomic mass is 16.5. The fraction of sp³-hybridized carbons (Fsp3) is 0.950. The smallest absolute Gasteiger partial charge is 0.191 e. The predicted molar refractivity (Wildman–Crippen MR) is 102 cm³/mol. The third-order valence-electron chi connectivity index (χ3n) is 6.64. The highest BCUT2D eigenvalue weighted by molar-refractivity contribution is 5.80. The molecule has 0 aromatic rings. The molecule has 5 heteroatoms. The quantitative estimate of drug-likeness (QED) is 0.547. The van der Waals surface area contributed by atoms with Gasteiger partial charge in [-0.2, -0.15) is 0 Å². The van der Waals surface area contributed by atoms with Gasteiger partial charge in [0.2, 0.25) is 0 Å². The van der Waals surface area contributed by atoms with Gasteiger partial charge in [0, 0.05) is 44.2 Å². The first-order valence-electron chi connectivity index (χ1n) is 10.3. The molecule has 3 rings (SSSR count). The second kappa shape index (κ2) is 8.26. The molecule has 3 fully saturated rings. The van der Waals surface area contributed by atoms with E-state index in [0.29, 0.717) is 24.2 Å². The molecule has 2 saturated carbocycles. The first kappa shape index (κ1) is 19.0. The lowest BCUT2D eigenvalue weighted by Crippen LogP contribution is -2.68. The Bertz CT molecular complexity index is 460. The number of guanidine groups is 1. The van der Waals surface area contributed by atoms with Crippen LogP contribution >= 0.6 is 0 Å². The molecule has 25 heavy (non-hydrogen) atoms. The van der Waals surface area contributed by atoms with Crippen LogP contribution in [0.3, 0.4) is 0 Å². The average molecular weight is 352 g/mol. The highest BCUT2D eigenvalue weighted by Crippen LogP contribution is 2.52. The monoisotopic (exact) mass is 351 g/mol. The van der Waals surface area contributed by atoms with Gasteiger partial charge in [-0.05, 0) is 38.5 Å². The zero-order valence-electron chi connectivity index (χ0n) is 16.5. The van der Waals surface area contributed by atoms with Gasteiger partial charge in [-0.3, -0.25) is 4.99 Å². The highest BCUT2D eigenvalue weighted by Gasteiger charge is 2.59. The second-order valence-corrected chi connectivity index (χ2v) is 8.51. The van der Waals surface area contributed by atoms with Crippen LogP contribution in [0.2, 0.25) is 0 Å². The minimum Gasteiger partial charge on any atom is -0.378 e. The molecule has 1 aliphatic heterocycles. The van der Waals surface area contributed by atoms with Crippen LogP contribution in [0.25, 0.3) is 0 Å². The van der Waals surface area contributed by atoms with Crippen LogP contribution < -0.4 is 10.6 Å². The molecule has 2 aliphatic carbocycles. The van der Waals surface area contributed by atoms with E-state index in [1.165, 1.54) is 25.7 Å². The minimum atomic E-state index is 0.177. The summed E-state index contributed by atoms with van der Waals surface area (Å²) in [6.45, 7) is 9.34. The normalized spacial score (nSPS) is 33.0. The zero-order valence-corrected chi connectivity index (χ0v) is 16.5. The van der Waals surface area contributed by atoms with Crippen molar-refractivity contribution in [1.29, 1.82) is 0 Å². The van der Waals surface area contributed by atoms with Crippen molar-refractivity contribution in [2.24, 2.45) is 22.2 Å². The van der Waals surface area contributed by atoms with Gasteiger partial charge in [0.15, 0.2) is 5.96 Å². The molecule has 4 unspecified atom stereocenters. The van der Waals surface area contributed by atoms with Crippen molar-refractivity contribution in [1.82, 2.24) is 10.6 Å². The van der Waals surface area contributed by atoms with Crippen molar-refractivity contribution in [2.75, 3.05) is 26.8 Å². The topological polar surface area (TPSA) is 54.9 Å². The number of rotatable bonds is 7. The number of hydrogen-bond acceptors (Lipinski definition) is 3. The number of nitrogens with zero attached hydrogens (tertiary/aromatic N) is 1. The molecule has 5 nitrogen and oxygen atoms in total. The predicted octanol–water partition coefficient (Wildman–Crippen LogP) is 2.95. The molecule has 0 amide bonds. The van der Waals surface area contributed by atoms with E-state index in [2.05, 4.69) is 36.4 Å². The van der Waals surface area contributed by atoms with Crippen LogP contribution in [0, 0.1) is 17.3 Å². The first-order valence-corrected chi connectivity index (χ1v) is 10.3. The fourth-order valence-electron chi connectivity index (χ4n) is 5.29. The van der Waals surface area contributed by atoms with Crippen LogP contribution in [0.4, 0.5) is 0 Å². The van der Waals surface area contributed by atoms with Crippen molar-refractivity contribution in [3.8, 4) is 0 Å². The summed E-state index contributed by atoms with van der Waals surface area (Å²) >= 11 is 0. The van der Waals surface area contributed by atoms with E-state index in [0.717, 1.165) is 44.5 Å². The Kier molecular flexibility index (Phi) is 6.26. The summed E-state index contributed by atoms with van der Waals surface area (Å²) in [7, 11) is 1.86. The largest absolute Gasteiger partial charge is 0.378 e. The lowest BCUT2D eigenvalue weighted by molar-refractivity contribution is -0.106. The van der Waals surface area contributed by atoms with E-state index < -0.39 is 0 Å². The van der Waals surface area contributed by atoms with E-state index in [1.807, 2.05) is 7.05 Å². The summed E-state index contributed by atoms with van der Waals surface area (Å²) < 4.78 is 11.9. The second-order valence-electron chi connectivity index (χ2n) is 8.51. The molecule has 0 spiro atoms. The number of aliphatic imine (C=N–C) groups is 1. The SMILES string of the molecule is CCOC(CCNC(=NC)NC1C2CCOC2C1(C)C)C1CCCC1. The Morgan fingerprint density at radius 1 is 1.28 bits per heavy atom. The van der Waals surface area contributed by atoms with Crippen LogP contribution in [0.15, 0.2) is 4.99 Å². The Morgan fingerprint density at radius 2 is 2.04 bits per heavy atom. The fourth-order valence-corrected chi connectivity index (χ4v) is 5.29. The molecule has 0 aromatic heterocycles. The van der Waals surface area contributed by atoms with Crippen molar-refractivity contribution in [2.45, 2.75) is 77.5 Å². The molecule has 1 heterocycles. The van der Waals surface area contributed by atoms with Crippen molar-refractivity contribution < 1.29 is 9.47 Å². The van der Waals surface area contributed by atoms with E-state index >= 15 is 0 Å². The Labute approximate surface area is 153 Å². The van der Waals surface area contributed by atoms with Crippen LogP contribution in [0.1, 0.15) is 59.3 Å². The van der Waals surface area contributed by atoms with E-state index in [9.17, 15) is 0 Å². The number of hydrogen-bond donors (Lipinski definition) is 2. The van der Waals surface area contributed by atoms with Gasteiger partial charge in [-0.25, -0.2) is 0 Å². The van der Waals surface area contributed by atoms with Gasteiger partial charge in [0.05, 0.1) is 12.2 Å². The van der Waals surface area contributed by atoms with Gasteiger partial charge in [-0.15, -0.1) is 0 Å². The molecule has 4 atom stereocenters. The van der Waals surface area contributed by atoms with Crippen LogP contribution in [0.5, 0.6) is 0 Å². The number of nitrogens with one attached hydrogen (secondary N) is 2. The number of ether oxygens (including phenoxy) is 2. The Balaban J connectivity index is 1.46. The lowest BCUT2D eigenvalue weighted by atomic mass is 9.57. The van der Waals surface area contributed by atoms with Gasteiger partial charge in [0.25, 0.3) is 0 Å². The molecule has 1 saturated heterocycles. The maximum absolute atomic E-state index is 6.03. The molecule has 144 valence electrons. The summed E-state index contributed by atoms with van der Waals surface area (Å²) in [4.78, 5) is 4.44. The summed E-state index contributed by atoms with van der Waals surface area (Å²) in [5, 5.41) is 7.17. The molecular formula is C20H37N3O2. The van der Waals surface area contributed by atoms with Crippen molar-refractivity contribution >= 4 is 5.96 Å². The zero-order chi connectivity index (χ0) is 17.9. The molecule has 0 bridgehead atoms. The molecule has 3 aliphatic rings. The average Bonchev–Trinajstić information content (AvgIpc) is 3.27. The lowest BCUT2D eigenvalue weighted by Gasteiger charge is -2.54. The Hall–Kier alpha value is -0.810. The van der Waals surface area contributed by atoms with Crippen LogP contribution in [-0.2, 0) is 9.47 Å². The minimum absolute atomic E-state index is 0.177.